The highest BCUT2D eigenvalue weighted by molar-refractivity contribution is 6.00. The number of carbonyl (C=O) groups is 4. The van der Waals surface area contributed by atoms with Crippen LogP contribution in [0, 0.1) is 45.7 Å². The first kappa shape index (κ1) is 42.9. The largest absolute Gasteiger partial charge is 0.503 e. The van der Waals surface area contributed by atoms with Crippen LogP contribution in [0.15, 0.2) is 46.2 Å². The summed E-state index contributed by atoms with van der Waals surface area (Å²) in [7, 11) is 1.23. The van der Waals surface area contributed by atoms with Crippen molar-refractivity contribution in [3.8, 4) is 11.5 Å². The Morgan fingerprint density at radius 3 is 1.52 bits per heavy atom. The van der Waals surface area contributed by atoms with Gasteiger partial charge in [-0.25, -0.2) is 26.3 Å². The third kappa shape index (κ3) is 6.34. The van der Waals surface area contributed by atoms with Crippen LogP contribution in [-0.2, 0) is 35.7 Å². The van der Waals surface area contributed by atoms with E-state index in [1.165, 1.54) is 22.4 Å². The number of rotatable bonds is 7. The normalized spacial score (nSPS) is 28.5. The van der Waals surface area contributed by atoms with Gasteiger partial charge < -0.3 is 48.9 Å². The zero-order chi connectivity index (χ0) is 47.2. The van der Waals surface area contributed by atoms with Crippen molar-refractivity contribution in [3.63, 3.8) is 0 Å². The van der Waals surface area contributed by atoms with E-state index < -0.39 is 111 Å². The predicted octanol–water partition coefficient (Wildman–Crippen LogP) is 3.57. The zero-order valence-electron chi connectivity index (χ0n) is 35.2. The van der Waals surface area contributed by atoms with E-state index in [1.807, 2.05) is 0 Å². The lowest BCUT2D eigenvalue weighted by atomic mass is 9.76. The maximum atomic E-state index is 13.9. The van der Waals surface area contributed by atoms with Gasteiger partial charge in [0.15, 0.2) is 35.3 Å². The van der Waals surface area contributed by atoms with Crippen molar-refractivity contribution in [2.45, 2.75) is 101 Å². The van der Waals surface area contributed by atoms with Crippen LogP contribution in [0.5, 0.6) is 11.5 Å². The third-order valence-corrected chi connectivity index (χ3v) is 14.9. The lowest BCUT2D eigenvalue weighted by Crippen LogP contribution is -2.61. The number of amides is 4. The third-order valence-electron chi connectivity index (χ3n) is 14.9. The second-order valence-corrected chi connectivity index (χ2v) is 18.3. The van der Waals surface area contributed by atoms with E-state index >= 15 is 0 Å². The Bertz CT molecular complexity index is 2990. The first-order chi connectivity index (χ1) is 32.0. The second-order valence-electron chi connectivity index (χ2n) is 18.3. The van der Waals surface area contributed by atoms with Crippen LogP contribution in [0.1, 0.15) is 91.3 Å². The molecule has 4 saturated carbocycles. The Labute approximate surface area is 374 Å². The Morgan fingerprint density at radius 1 is 0.687 bits per heavy atom. The second kappa shape index (κ2) is 14.9. The van der Waals surface area contributed by atoms with Crippen LogP contribution in [0.3, 0.4) is 0 Å². The molecule has 16 nitrogen and oxygen atoms in total. The Morgan fingerprint density at radius 2 is 1.10 bits per heavy atom. The number of aromatic nitrogens is 2. The van der Waals surface area contributed by atoms with Crippen molar-refractivity contribution in [2.75, 3.05) is 7.11 Å². The topological polar surface area (TPSA) is 191 Å². The van der Waals surface area contributed by atoms with E-state index in [2.05, 4.69) is 10.6 Å². The molecule has 6 fully saturated rings. The number of methoxy groups -OCH3 is 1. The van der Waals surface area contributed by atoms with Gasteiger partial charge in [0.1, 0.15) is 46.0 Å². The van der Waals surface area contributed by atoms with Crippen LogP contribution in [0.4, 0.5) is 26.3 Å². The molecule has 0 bridgehead atoms. The highest BCUT2D eigenvalue weighted by Gasteiger charge is 2.73. The van der Waals surface area contributed by atoms with Crippen LogP contribution >= 0.6 is 0 Å². The monoisotopic (exact) mass is 936 g/mol. The minimum atomic E-state index is -1.19. The first-order valence-corrected chi connectivity index (χ1v) is 21.5. The molecule has 0 radical (unpaired) electrons. The zero-order valence-corrected chi connectivity index (χ0v) is 35.2. The highest BCUT2D eigenvalue weighted by atomic mass is 19.2. The summed E-state index contributed by atoms with van der Waals surface area (Å²) in [5.41, 5.74) is -4.02. The fraction of sp³-hybridized carbons (Fsp3) is 0.422. The van der Waals surface area contributed by atoms with Crippen molar-refractivity contribution in [1.82, 2.24) is 29.6 Å². The van der Waals surface area contributed by atoms with E-state index in [4.69, 9.17) is 14.2 Å². The SMILES string of the molecule is COc1c2n(cc(C(=O)NCc3c(F)cc(F)cc3F)c1=O)C[C@H]1O[C@@H]3CCC34C[C@H]4N1C2=O.O=C(NCc1c(F)cc(F)cc1F)c1cn2c(c(O)c1=O)C(=O)N1[C@@H](C2)O[C@@H]2CCC23C[C@@H]13. The number of halogens is 6. The average molecular weight is 937 g/mol. The molecule has 2 saturated heterocycles. The number of nitrogens with one attached hydrogen (secondary N) is 2. The lowest BCUT2D eigenvalue weighted by Gasteiger charge is -2.51. The number of hydrogen-bond acceptors (Lipinski definition) is 10. The summed E-state index contributed by atoms with van der Waals surface area (Å²) in [6, 6.07) is 2.05. The standard InChI is InChI=1S/C23H20F3N3O5.C22H18F3N3O5/c1-33-20-18-22(32)29-15-6-23(15)3-2-16(23)34-17(29)9-28(18)8-12(19(20)30)21(31)27-7-11-13(25)4-10(24)5-14(11)26;23-9-3-12(24)10(13(25)4-9)6-26-20(31)11-7-27-8-16-28(21(32)17(27)19(30)18(11)29)14-5-22(14)2-1-15(22)33-16/h4-5,8,15-17H,2-3,6-7,9H2,1H3,(H,27,31);3-4,7,14-16,30H,1-2,5-6,8H2,(H,26,31)/t15-,16-,17-,23?;14-,15-,16-,22?/m11/s1. The summed E-state index contributed by atoms with van der Waals surface area (Å²) in [5.74, 6) is -10.9. The molecule has 4 aliphatic carbocycles. The smallest absolute Gasteiger partial charge is 0.276 e. The van der Waals surface area contributed by atoms with E-state index in [-0.39, 0.29) is 76.8 Å². The number of pyridine rings is 2. The van der Waals surface area contributed by atoms with Crippen LogP contribution in [-0.4, -0.2) is 91.5 Å². The van der Waals surface area contributed by atoms with Crippen LogP contribution in [0.2, 0.25) is 0 Å². The molecule has 8 aliphatic rings. The molecule has 4 aromatic rings. The summed E-state index contributed by atoms with van der Waals surface area (Å²) in [6.45, 7) is -0.922. The van der Waals surface area contributed by atoms with Crippen LogP contribution < -0.4 is 26.2 Å². The average Bonchev–Trinajstić information content (AvgIpc) is 4.19. The van der Waals surface area contributed by atoms with Crippen molar-refractivity contribution in [3.05, 3.63) is 126 Å². The van der Waals surface area contributed by atoms with Crippen molar-refractivity contribution < 1.29 is 64.8 Å². The summed E-state index contributed by atoms with van der Waals surface area (Å²) in [5, 5.41) is 15.0. The summed E-state index contributed by atoms with van der Waals surface area (Å²) >= 11 is 0. The Balaban J connectivity index is 0.000000148. The molecule has 2 spiro atoms. The lowest BCUT2D eigenvalue weighted by molar-refractivity contribution is -0.196. The molecular weight excluding hydrogens is 899 g/mol. The fourth-order valence-corrected chi connectivity index (χ4v) is 11.1. The van der Waals surface area contributed by atoms with E-state index in [0.29, 0.717) is 24.3 Å². The quantitative estimate of drug-likeness (QED) is 0.231. The van der Waals surface area contributed by atoms with Gasteiger partial charge in [0.2, 0.25) is 10.9 Å². The number of hydrogen-bond donors (Lipinski definition) is 3. The Hall–Kier alpha value is -6.68. The number of carbonyl (C=O) groups excluding carboxylic acids is 4. The molecule has 2 aromatic heterocycles. The van der Waals surface area contributed by atoms with Crippen LogP contribution in [0.25, 0.3) is 0 Å². The van der Waals surface area contributed by atoms with Gasteiger partial charge in [-0.05, 0) is 38.5 Å². The van der Waals surface area contributed by atoms with Crippen molar-refractivity contribution in [1.29, 1.82) is 0 Å². The number of fused-ring (bicyclic) bond motifs is 6. The molecular formula is C45H38F6N6O10. The minimum Gasteiger partial charge on any atom is -0.503 e. The molecule has 8 atom stereocenters. The van der Waals surface area contributed by atoms with Gasteiger partial charge in [0, 0.05) is 83.8 Å². The number of ether oxygens (including phenoxy) is 3. The summed E-state index contributed by atoms with van der Waals surface area (Å²) in [6.07, 6.45) is 7.04. The molecule has 22 heteroatoms. The molecule has 2 unspecified atom stereocenters. The van der Waals surface area contributed by atoms with E-state index in [9.17, 15) is 60.2 Å². The van der Waals surface area contributed by atoms with Gasteiger partial charge in [-0.15, -0.1) is 0 Å². The summed E-state index contributed by atoms with van der Waals surface area (Å²) < 4.78 is 102. The van der Waals surface area contributed by atoms with Gasteiger partial charge in [-0.3, -0.25) is 28.8 Å². The van der Waals surface area contributed by atoms with Gasteiger partial charge in [0.25, 0.3) is 23.6 Å². The maximum absolute atomic E-state index is 13.9. The highest BCUT2D eigenvalue weighted by Crippen LogP contribution is 2.68. The van der Waals surface area contributed by atoms with Gasteiger partial charge in [-0.2, -0.15) is 0 Å². The van der Waals surface area contributed by atoms with Crippen molar-refractivity contribution >= 4 is 23.6 Å². The Kier molecular flexibility index (Phi) is 9.55. The number of aromatic hydroxyl groups is 1. The van der Waals surface area contributed by atoms with E-state index in [1.54, 1.807) is 9.80 Å². The molecule has 3 N–H and O–H groups in total. The number of nitrogens with zero attached hydrogens (tertiary/aromatic N) is 4. The molecule has 67 heavy (non-hydrogen) atoms. The van der Waals surface area contributed by atoms with Gasteiger partial charge in [-0.1, -0.05) is 0 Å². The van der Waals surface area contributed by atoms with Gasteiger partial charge in [0.05, 0.1) is 32.4 Å². The minimum absolute atomic E-state index is 0.00499. The maximum Gasteiger partial charge on any atom is 0.276 e. The molecule has 4 aliphatic heterocycles. The molecule has 2 aromatic carbocycles. The fourth-order valence-electron chi connectivity index (χ4n) is 11.1. The van der Waals surface area contributed by atoms with E-state index in [0.717, 1.165) is 44.7 Å². The molecule has 12 rings (SSSR count). The number of benzene rings is 2. The first-order valence-electron chi connectivity index (χ1n) is 21.5. The molecule has 350 valence electrons. The predicted molar refractivity (Wildman–Crippen MR) is 214 cm³/mol. The van der Waals surface area contributed by atoms with Gasteiger partial charge >= 0.3 is 0 Å². The molecule has 4 amide bonds. The summed E-state index contributed by atoms with van der Waals surface area (Å²) in [4.78, 5) is 80.9. The van der Waals surface area contributed by atoms with Crippen molar-refractivity contribution in [2.24, 2.45) is 10.8 Å². The molecule has 6 heterocycles.